The minimum atomic E-state index is -4.50. The highest BCUT2D eigenvalue weighted by Crippen LogP contribution is 2.34. The Labute approximate surface area is 147 Å². The summed E-state index contributed by atoms with van der Waals surface area (Å²) in [6.45, 7) is 0. The van der Waals surface area contributed by atoms with Gasteiger partial charge in [-0.3, -0.25) is 4.79 Å². The Bertz CT molecular complexity index is 708. The van der Waals surface area contributed by atoms with Crippen molar-refractivity contribution in [3.05, 3.63) is 28.8 Å². The topological polar surface area (TPSA) is 54.9 Å². The van der Waals surface area contributed by atoms with E-state index in [0.29, 0.717) is 4.34 Å². The molecule has 23 heavy (non-hydrogen) atoms. The number of nitrogens with one attached hydrogen (secondary N) is 1. The van der Waals surface area contributed by atoms with E-state index >= 15 is 0 Å². The summed E-state index contributed by atoms with van der Waals surface area (Å²) < 4.78 is 39.4. The van der Waals surface area contributed by atoms with Crippen molar-refractivity contribution in [3.63, 3.8) is 0 Å². The smallest absolute Gasteiger partial charge is 0.324 e. The summed E-state index contributed by atoms with van der Waals surface area (Å²) in [6.07, 6.45) is -2.64. The van der Waals surface area contributed by atoms with Gasteiger partial charge >= 0.3 is 6.18 Å². The predicted molar refractivity (Wildman–Crippen MR) is 87.5 cm³/mol. The largest absolute Gasteiger partial charge is 0.416 e. The zero-order valence-electron chi connectivity index (χ0n) is 11.5. The van der Waals surface area contributed by atoms with Crippen LogP contribution in [0, 0.1) is 0 Å². The SMILES string of the molecule is CSc1nnc(SCC(=O)Nc2cc(C(F)(F)F)ccc2Cl)s1. The molecule has 0 unspecified atom stereocenters. The Balaban J connectivity index is 1.99. The highest BCUT2D eigenvalue weighted by Gasteiger charge is 2.31. The van der Waals surface area contributed by atoms with Gasteiger partial charge in [-0.15, -0.1) is 10.2 Å². The van der Waals surface area contributed by atoms with Crippen LogP contribution in [0.1, 0.15) is 5.56 Å². The molecule has 1 amide bonds. The highest BCUT2D eigenvalue weighted by molar-refractivity contribution is 8.03. The number of amides is 1. The normalized spacial score (nSPS) is 11.5. The summed E-state index contributed by atoms with van der Waals surface area (Å²) in [4.78, 5) is 11.9. The van der Waals surface area contributed by atoms with Gasteiger partial charge in [0.2, 0.25) is 5.91 Å². The molecule has 0 radical (unpaired) electrons. The van der Waals surface area contributed by atoms with Crippen LogP contribution in [-0.4, -0.2) is 28.1 Å². The molecular weight excluding hydrogens is 391 g/mol. The van der Waals surface area contributed by atoms with Gasteiger partial charge in [0.25, 0.3) is 0 Å². The minimum Gasteiger partial charge on any atom is -0.324 e. The third-order valence-electron chi connectivity index (χ3n) is 2.46. The molecule has 0 bridgehead atoms. The molecule has 0 spiro atoms. The lowest BCUT2D eigenvalue weighted by Gasteiger charge is -2.11. The number of nitrogens with zero attached hydrogens (tertiary/aromatic N) is 2. The molecule has 2 aromatic rings. The van der Waals surface area contributed by atoms with Crippen molar-refractivity contribution >= 4 is 58.1 Å². The van der Waals surface area contributed by atoms with Gasteiger partial charge in [0.1, 0.15) is 0 Å². The van der Waals surface area contributed by atoms with Crippen molar-refractivity contribution in [2.24, 2.45) is 0 Å². The first-order chi connectivity index (χ1) is 10.8. The minimum absolute atomic E-state index is 0.00438. The van der Waals surface area contributed by atoms with Gasteiger partial charge in [-0.2, -0.15) is 13.2 Å². The van der Waals surface area contributed by atoms with Gasteiger partial charge in [-0.1, -0.05) is 46.5 Å². The van der Waals surface area contributed by atoms with Gasteiger partial charge in [0.15, 0.2) is 8.68 Å². The fourth-order valence-electron chi connectivity index (χ4n) is 1.45. The zero-order chi connectivity index (χ0) is 17.0. The number of carbonyl (C=O) groups excluding carboxylic acids is 1. The molecule has 0 atom stereocenters. The zero-order valence-corrected chi connectivity index (χ0v) is 14.7. The second-order valence-electron chi connectivity index (χ2n) is 4.07. The summed E-state index contributed by atoms with van der Waals surface area (Å²) in [6, 6.07) is 2.77. The summed E-state index contributed by atoms with van der Waals surface area (Å²) in [7, 11) is 0. The summed E-state index contributed by atoms with van der Waals surface area (Å²) in [5.41, 5.74) is -0.951. The maximum atomic E-state index is 12.7. The van der Waals surface area contributed by atoms with Crippen molar-refractivity contribution in [1.29, 1.82) is 0 Å². The lowest BCUT2D eigenvalue weighted by Crippen LogP contribution is -2.15. The molecule has 0 saturated heterocycles. The first kappa shape index (κ1) is 18.4. The van der Waals surface area contributed by atoms with Crippen molar-refractivity contribution in [1.82, 2.24) is 10.2 Å². The number of thioether (sulfide) groups is 2. The van der Waals surface area contributed by atoms with E-state index in [0.717, 1.165) is 34.3 Å². The van der Waals surface area contributed by atoms with E-state index in [4.69, 9.17) is 11.6 Å². The van der Waals surface area contributed by atoms with Crippen LogP contribution in [0.2, 0.25) is 5.02 Å². The van der Waals surface area contributed by atoms with Gasteiger partial charge < -0.3 is 5.32 Å². The first-order valence-electron chi connectivity index (χ1n) is 5.96. The fraction of sp³-hybridized carbons (Fsp3) is 0.250. The first-order valence-corrected chi connectivity index (χ1v) is 9.37. The van der Waals surface area contributed by atoms with Crippen LogP contribution in [0.15, 0.2) is 26.9 Å². The molecule has 0 saturated carbocycles. The highest BCUT2D eigenvalue weighted by atomic mass is 35.5. The van der Waals surface area contributed by atoms with Crippen molar-refractivity contribution < 1.29 is 18.0 Å². The number of carbonyl (C=O) groups is 1. The Morgan fingerprint density at radius 2 is 2.04 bits per heavy atom. The van der Waals surface area contributed by atoms with E-state index in [2.05, 4.69) is 15.5 Å². The molecular formula is C12H9ClF3N3OS3. The molecule has 1 aromatic carbocycles. The number of alkyl halides is 3. The number of hydrogen-bond acceptors (Lipinski definition) is 6. The van der Waals surface area contributed by atoms with Crippen molar-refractivity contribution in [3.8, 4) is 0 Å². The van der Waals surface area contributed by atoms with Crippen LogP contribution < -0.4 is 5.32 Å². The van der Waals surface area contributed by atoms with Crippen LogP contribution in [0.3, 0.4) is 0 Å². The average molecular weight is 400 g/mol. The molecule has 124 valence electrons. The molecule has 1 N–H and O–H groups in total. The van der Waals surface area contributed by atoms with Crippen LogP contribution in [0.5, 0.6) is 0 Å². The van der Waals surface area contributed by atoms with E-state index in [1.165, 1.54) is 23.1 Å². The quantitative estimate of drug-likeness (QED) is 0.741. The molecule has 2 rings (SSSR count). The Morgan fingerprint density at radius 1 is 1.35 bits per heavy atom. The summed E-state index contributed by atoms with van der Waals surface area (Å²) >= 11 is 9.75. The molecule has 0 aliphatic heterocycles. The lowest BCUT2D eigenvalue weighted by atomic mass is 10.2. The number of benzene rings is 1. The number of halogens is 4. The Kier molecular flexibility index (Phi) is 6.18. The van der Waals surface area contributed by atoms with Crippen LogP contribution in [0.25, 0.3) is 0 Å². The average Bonchev–Trinajstić information content (AvgIpc) is 2.94. The van der Waals surface area contributed by atoms with E-state index in [1.54, 1.807) is 0 Å². The number of hydrogen-bond donors (Lipinski definition) is 1. The van der Waals surface area contributed by atoms with Crippen LogP contribution >= 0.6 is 46.5 Å². The van der Waals surface area contributed by atoms with Gasteiger partial charge in [0.05, 0.1) is 22.0 Å². The molecule has 1 aromatic heterocycles. The summed E-state index contributed by atoms with van der Waals surface area (Å²) in [5.74, 6) is -0.479. The molecule has 1 heterocycles. The van der Waals surface area contributed by atoms with Crippen LogP contribution in [0.4, 0.5) is 18.9 Å². The van der Waals surface area contributed by atoms with E-state index < -0.39 is 17.6 Å². The van der Waals surface area contributed by atoms with E-state index in [-0.39, 0.29) is 16.5 Å². The van der Waals surface area contributed by atoms with Gasteiger partial charge in [-0.25, -0.2) is 0 Å². The fourth-order valence-corrected chi connectivity index (χ4v) is 3.85. The molecule has 4 nitrogen and oxygen atoms in total. The maximum Gasteiger partial charge on any atom is 0.416 e. The molecule has 0 aliphatic rings. The molecule has 11 heteroatoms. The van der Waals surface area contributed by atoms with Crippen molar-refractivity contribution in [2.75, 3.05) is 17.3 Å². The number of anilines is 1. The van der Waals surface area contributed by atoms with E-state index in [1.807, 2.05) is 6.26 Å². The van der Waals surface area contributed by atoms with Crippen molar-refractivity contribution in [2.45, 2.75) is 14.9 Å². The van der Waals surface area contributed by atoms with Gasteiger partial charge in [0, 0.05) is 0 Å². The predicted octanol–water partition coefficient (Wildman–Crippen LogP) is 4.66. The monoisotopic (exact) mass is 399 g/mol. The molecule has 0 fully saturated rings. The lowest BCUT2D eigenvalue weighted by molar-refractivity contribution is -0.137. The second-order valence-corrected chi connectivity index (χ2v) is 7.73. The summed E-state index contributed by atoms with van der Waals surface area (Å²) in [5, 5.41) is 10.2. The number of aromatic nitrogens is 2. The van der Waals surface area contributed by atoms with Crippen LogP contribution in [-0.2, 0) is 11.0 Å². The standard InChI is InChI=1S/C12H9ClF3N3OS3/c1-21-10-18-19-11(23-10)22-5-9(20)17-8-4-6(12(14,15)16)2-3-7(8)13/h2-4H,5H2,1H3,(H,17,20). The third-order valence-corrected chi connectivity index (χ3v) is 5.82. The van der Waals surface area contributed by atoms with E-state index in [9.17, 15) is 18.0 Å². The third kappa shape index (κ3) is 5.27. The van der Waals surface area contributed by atoms with Gasteiger partial charge in [-0.05, 0) is 24.5 Å². The Hall–Kier alpha value is -0.970. The Morgan fingerprint density at radius 3 is 2.65 bits per heavy atom. The number of rotatable bonds is 5. The second kappa shape index (κ2) is 7.73. The molecule has 0 aliphatic carbocycles. The maximum absolute atomic E-state index is 12.7.